The first-order chi connectivity index (χ1) is 19.4. The maximum atomic E-state index is 14.5. The molecule has 1 aromatic carbocycles. The van der Waals surface area contributed by atoms with Gasteiger partial charge in [-0.2, -0.15) is 8.78 Å². The van der Waals surface area contributed by atoms with Crippen molar-refractivity contribution in [2.45, 2.75) is 135 Å². The molecule has 0 saturated heterocycles. The van der Waals surface area contributed by atoms with Crippen molar-refractivity contribution in [1.82, 2.24) is 0 Å². The van der Waals surface area contributed by atoms with Gasteiger partial charge in [0, 0.05) is 6.42 Å². The van der Waals surface area contributed by atoms with Crippen LogP contribution in [0.25, 0.3) is 0 Å². The first kappa shape index (κ1) is 31.1. The molecule has 222 valence electrons. The number of benzene rings is 1. The number of alkyl halides is 2. The quantitative estimate of drug-likeness (QED) is 0.189. The van der Waals surface area contributed by atoms with Crippen LogP contribution in [0.15, 0.2) is 36.4 Å². The maximum Gasteiger partial charge on any atom is 0.421 e. The minimum atomic E-state index is -3.32. The summed E-state index contributed by atoms with van der Waals surface area (Å²) < 4.78 is 39.7. The fraction of sp³-hybridized carbons (Fsp3) is 0.722. The molecular weight excluding hydrogens is 502 g/mol. The van der Waals surface area contributed by atoms with Gasteiger partial charge in [-0.05, 0) is 138 Å². The molecule has 0 heterocycles. The van der Waals surface area contributed by atoms with E-state index in [4.69, 9.17) is 9.47 Å². The van der Waals surface area contributed by atoms with Gasteiger partial charge in [0.2, 0.25) is 0 Å². The molecule has 0 bridgehead atoms. The number of ether oxygens (including phenoxy) is 2. The van der Waals surface area contributed by atoms with E-state index in [2.05, 4.69) is 30.9 Å². The van der Waals surface area contributed by atoms with E-state index in [1.54, 1.807) is 12.1 Å². The summed E-state index contributed by atoms with van der Waals surface area (Å²) in [7, 11) is 0. The Balaban J connectivity index is 1.14. The van der Waals surface area contributed by atoms with Crippen molar-refractivity contribution in [3.8, 4) is 17.6 Å². The topological polar surface area (TPSA) is 18.5 Å². The Bertz CT molecular complexity index is 935. The first-order valence-electron chi connectivity index (χ1n) is 16.3. The second-order valence-electron chi connectivity index (χ2n) is 12.8. The number of halogens is 2. The Morgan fingerprint density at radius 3 is 1.98 bits per heavy atom. The monoisotopic (exact) mass is 554 g/mol. The molecular formula is C36H52F2O2. The lowest BCUT2D eigenvalue weighted by Gasteiger charge is -2.29. The van der Waals surface area contributed by atoms with E-state index in [0.29, 0.717) is 17.8 Å². The smallest absolute Gasteiger partial charge is 0.421 e. The molecule has 0 amide bonds. The largest absolute Gasteiger partial charge is 0.431 e. The van der Waals surface area contributed by atoms with Gasteiger partial charge >= 0.3 is 6.11 Å². The summed E-state index contributed by atoms with van der Waals surface area (Å²) in [6.45, 7) is 3.48. The van der Waals surface area contributed by atoms with E-state index >= 15 is 0 Å². The second-order valence-corrected chi connectivity index (χ2v) is 12.8. The zero-order valence-corrected chi connectivity index (χ0v) is 25.0. The fourth-order valence-electron chi connectivity index (χ4n) is 7.25. The van der Waals surface area contributed by atoms with Gasteiger partial charge in [0.25, 0.3) is 0 Å². The SMILES string of the molecule is CC#CCCC1CCC(OCC(F)(F)Oc2ccc(C3CCC(/C=C/C4CCC(CCC)CC4)CC3)cc2)CC1. The predicted octanol–water partition coefficient (Wildman–Crippen LogP) is 10.5. The second kappa shape index (κ2) is 16.0. The molecule has 4 heteroatoms. The minimum absolute atomic E-state index is 0.101. The first-order valence-corrected chi connectivity index (χ1v) is 16.3. The molecule has 4 rings (SSSR count). The Labute approximate surface area is 242 Å². The Hall–Kier alpha value is -1.86. The molecule has 0 spiro atoms. The van der Waals surface area contributed by atoms with Crippen LogP contribution < -0.4 is 4.74 Å². The predicted molar refractivity (Wildman–Crippen MR) is 161 cm³/mol. The minimum Gasteiger partial charge on any atom is -0.431 e. The average Bonchev–Trinajstić information content (AvgIpc) is 2.97. The molecule has 40 heavy (non-hydrogen) atoms. The van der Waals surface area contributed by atoms with Crippen molar-refractivity contribution in [2.24, 2.45) is 23.7 Å². The third-order valence-electron chi connectivity index (χ3n) is 9.77. The van der Waals surface area contributed by atoms with Crippen LogP contribution in [0.3, 0.4) is 0 Å². The fourth-order valence-corrected chi connectivity index (χ4v) is 7.25. The normalized spacial score (nSPS) is 29.6. The summed E-state index contributed by atoms with van der Waals surface area (Å²) in [6.07, 6.45) is 20.4. The van der Waals surface area contributed by atoms with Crippen LogP contribution in [0.1, 0.15) is 128 Å². The van der Waals surface area contributed by atoms with Crippen molar-refractivity contribution in [3.05, 3.63) is 42.0 Å². The van der Waals surface area contributed by atoms with E-state index in [1.807, 2.05) is 19.1 Å². The third-order valence-corrected chi connectivity index (χ3v) is 9.77. The van der Waals surface area contributed by atoms with Crippen LogP contribution in [0.4, 0.5) is 8.78 Å². The summed E-state index contributed by atoms with van der Waals surface area (Å²) in [5, 5.41) is 0. The number of allylic oxidation sites excluding steroid dienone is 2. The Morgan fingerprint density at radius 2 is 1.38 bits per heavy atom. The highest BCUT2D eigenvalue weighted by Gasteiger charge is 2.34. The highest BCUT2D eigenvalue weighted by atomic mass is 19.3. The standard InChI is InChI=1S/C36H52F2O2/c1-3-5-6-8-29-17-23-34(24-18-29)39-27-36(37,38)40-35-25-21-33(22-26-35)32-19-15-31(16-20-32)14-13-30-11-9-28(7-4-2)10-12-30/h13-14,21-22,25-26,28-32,34H,4,6-12,15-20,23-24,27H2,1-2H3/b14-13+. The number of rotatable bonds is 12. The van der Waals surface area contributed by atoms with E-state index in [-0.39, 0.29) is 11.9 Å². The van der Waals surface area contributed by atoms with Crippen LogP contribution >= 0.6 is 0 Å². The molecule has 0 N–H and O–H groups in total. The average molecular weight is 555 g/mol. The third kappa shape index (κ3) is 10.2. The van der Waals surface area contributed by atoms with E-state index < -0.39 is 12.7 Å². The van der Waals surface area contributed by atoms with Crippen molar-refractivity contribution in [3.63, 3.8) is 0 Å². The molecule has 0 atom stereocenters. The van der Waals surface area contributed by atoms with Crippen molar-refractivity contribution >= 4 is 0 Å². The van der Waals surface area contributed by atoms with Crippen LogP contribution in [-0.2, 0) is 4.74 Å². The van der Waals surface area contributed by atoms with Crippen LogP contribution in [0.2, 0.25) is 0 Å². The van der Waals surface area contributed by atoms with E-state index in [9.17, 15) is 8.78 Å². The molecule has 2 nitrogen and oxygen atoms in total. The summed E-state index contributed by atoms with van der Waals surface area (Å²) in [5.74, 6) is 9.86. The van der Waals surface area contributed by atoms with Crippen molar-refractivity contribution in [2.75, 3.05) is 6.61 Å². The van der Waals surface area contributed by atoms with Crippen molar-refractivity contribution in [1.29, 1.82) is 0 Å². The molecule has 0 aromatic heterocycles. The van der Waals surface area contributed by atoms with Gasteiger partial charge < -0.3 is 9.47 Å². The molecule has 3 saturated carbocycles. The molecule has 3 fully saturated rings. The molecule has 0 radical (unpaired) electrons. The zero-order valence-electron chi connectivity index (χ0n) is 25.0. The number of hydrogen-bond donors (Lipinski definition) is 0. The zero-order chi connectivity index (χ0) is 28.2. The van der Waals surface area contributed by atoms with Gasteiger partial charge in [0.05, 0.1) is 6.10 Å². The molecule has 3 aliphatic carbocycles. The highest BCUT2D eigenvalue weighted by molar-refractivity contribution is 5.30. The summed E-state index contributed by atoms with van der Waals surface area (Å²) >= 11 is 0. The van der Waals surface area contributed by atoms with Crippen LogP contribution in [0.5, 0.6) is 5.75 Å². The lowest BCUT2D eigenvalue weighted by Crippen LogP contribution is -2.34. The Morgan fingerprint density at radius 1 is 0.800 bits per heavy atom. The van der Waals surface area contributed by atoms with Crippen LogP contribution in [0, 0.1) is 35.5 Å². The molecule has 3 aliphatic rings. The maximum absolute atomic E-state index is 14.5. The lowest BCUT2D eigenvalue weighted by atomic mass is 9.77. The summed E-state index contributed by atoms with van der Waals surface area (Å²) in [4.78, 5) is 0. The molecule has 0 aliphatic heterocycles. The molecule has 1 aromatic rings. The molecule has 0 unspecified atom stereocenters. The van der Waals surface area contributed by atoms with Gasteiger partial charge in [0.1, 0.15) is 5.75 Å². The van der Waals surface area contributed by atoms with Crippen molar-refractivity contribution < 1.29 is 18.3 Å². The Kier molecular flexibility index (Phi) is 12.4. The number of hydrogen-bond acceptors (Lipinski definition) is 2. The lowest BCUT2D eigenvalue weighted by molar-refractivity contribution is -0.222. The van der Waals surface area contributed by atoms with Gasteiger partial charge in [-0.3, -0.25) is 0 Å². The van der Waals surface area contributed by atoms with E-state index in [0.717, 1.165) is 63.2 Å². The summed E-state index contributed by atoms with van der Waals surface area (Å²) in [6, 6.07) is 7.36. The highest BCUT2D eigenvalue weighted by Crippen LogP contribution is 2.38. The van der Waals surface area contributed by atoms with Gasteiger partial charge in [0.15, 0.2) is 6.61 Å². The van der Waals surface area contributed by atoms with Gasteiger partial charge in [-0.1, -0.05) is 44.1 Å². The van der Waals surface area contributed by atoms with Gasteiger partial charge in [-0.15, -0.1) is 11.8 Å². The van der Waals surface area contributed by atoms with Crippen LogP contribution in [-0.4, -0.2) is 18.8 Å². The van der Waals surface area contributed by atoms with E-state index in [1.165, 1.54) is 56.9 Å². The summed E-state index contributed by atoms with van der Waals surface area (Å²) in [5.41, 5.74) is 1.24. The van der Waals surface area contributed by atoms with Gasteiger partial charge in [-0.25, -0.2) is 0 Å².